The van der Waals surface area contributed by atoms with Crippen molar-refractivity contribution < 1.29 is 4.84 Å². The molecule has 0 amide bonds. The zero-order chi connectivity index (χ0) is 9.97. The maximum atomic E-state index is 5.46. The third-order valence-electron chi connectivity index (χ3n) is 1.54. The zero-order valence-corrected chi connectivity index (χ0v) is 10.1. The molecule has 2 aromatic rings. The van der Waals surface area contributed by atoms with Gasteiger partial charge < -0.3 is 4.84 Å². The normalized spacial score (nSPS) is 10.1. The lowest BCUT2D eigenvalue weighted by molar-refractivity contribution is 0.176. The zero-order valence-electron chi connectivity index (χ0n) is 6.95. The number of benzene rings is 1. The highest BCUT2D eigenvalue weighted by Gasteiger charge is 2.06. The minimum absolute atomic E-state index is 0.685. The van der Waals surface area contributed by atoms with Gasteiger partial charge in [-0.25, -0.2) is 0 Å². The van der Waals surface area contributed by atoms with E-state index in [0.717, 1.165) is 8.95 Å². The molecule has 0 N–H and O–H groups in total. The average molecular weight is 317 g/mol. The van der Waals surface area contributed by atoms with Crippen molar-refractivity contribution in [3.8, 4) is 5.75 Å². The fourth-order valence-electron chi connectivity index (χ4n) is 0.935. The molecule has 0 fully saturated rings. The van der Waals surface area contributed by atoms with E-state index in [4.69, 9.17) is 4.84 Å². The van der Waals surface area contributed by atoms with Gasteiger partial charge in [0.1, 0.15) is 6.20 Å². The predicted molar refractivity (Wildman–Crippen MR) is 58.9 cm³/mol. The van der Waals surface area contributed by atoms with Crippen molar-refractivity contribution in [3.63, 3.8) is 0 Å². The molecule has 2 rings (SSSR count). The van der Waals surface area contributed by atoms with Crippen molar-refractivity contribution in [2.24, 2.45) is 0 Å². The Balaban J connectivity index is 2.33. The van der Waals surface area contributed by atoms with E-state index in [2.05, 4.69) is 43.2 Å². The Morgan fingerprint density at radius 3 is 2.57 bits per heavy atom. The van der Waals surface area contributed by atoms with E-state index in [1.165, 1.54) is 4.85 Å². The van der Waals surface area contributed by atoms with Gasteiger partial charge in [0.05, 0.1) is 15.1 Å². The van der Waals surface area contributed by atoms with Crippen LogP contribution in [-0.2, 0) is 0 Å². The molecule has 1 aromatic carbocycles. The van der Waals surface area contributed by atoms with Crippen molar-refractivity contribution >= 4 is 31.9 Å². The summed E-state index contributed by atoms with van der Waals surface area (Å²) in [5.41, 5.74) is 0. The van der Waals surface area contributed by atoms with Crippen LogP contribution in [0, 0.1) is 6.20 Å². The van der Waals surface area contributed by atoms with Crippen LogP contribution in [0.3, 0.4) is 0 Å². The Bertz CT molecular complexity index is 408. The van der Waals surface area contributed by atoms with Crippen molar-refractivity contribution in [1.82, 2.24) is 9.94 Å². The van der Waals surface area contributed by atoms with Gasteiger partial charge in [-0.2, -0.15) is 0 Å². The van der Waals surface area contributed by atoms with Gasteiger partial charge in [-0.15, -0.1) is 5.10 Å². The van der Waals surface area contributed by atoms with Crippen LogP contribution in [0.2, 0.25) is 0 Å². The molecule has 0 aliphatic carbocycles. The van der Waals surface area contributed by atoms with E-state index in [0.29, 0.717) is 5.75 Å². The first kappa shape index (κ1) is 9.73. The maximum absolute atomic E-state index is 5.46. The van der Waals surface area contributed by atoms with Crippen molar-refractivity contribution in [2.75, 3.05) is 0 Å². The molecule has 0 unspecified atom stereocenters. The molecule has 0 spiro atoms. The number of rotatable bonds is 2. The van der Waals surface area contributed by atoms with Crippen LogP contribution in [0.1, 0.15) is 0 Å². The van der Waals surface area contributed by atoms with Crippen LogP contribution in [0.25, 0.3) is 0 Å². The van der Waals surface area contributed by atoms with Gasteiger partial charge in [0, 0.05) is 0 Å². The van der Waals surface area contributed by atoms with Crippen molar-refractivity contribution in [2.45, 2.75) is 0 Å². The van der Waals surface area contributed by atoms with Crippen LogP contribution >= 0.6 is 31.9 Å². The smallest absolute Gasteiger partial charge is 0.186 e. The fraction of sp³-hybridized carbons (Fsp3) is 0. The number of hydrogen-bond donors (Lipinski definition) is 0. The molecule has 0 bridgehead atoms. The second kappa shape index (κ2) is 4.14. The maximum Gasteiger partial charge on any atom is 0.186 e. The first-order valence-corrected chi connectivity index (χ1v) is 5.40. The number of hydrogen-bond acceptors (Lipinski definition) is 2. The van der Waals surface area contributed by atoms with Crippen molar-refractivity contribution in [1.29, 1.82) is 0 Å². The van der Waals surface area contributed by atoms with E-state index in [1.54, 1.807) is 12.3 Å². The molecule has 3 nitrogen and oxygen atoms in total. The number of halogens is 2. The second-order valence-electron chi connectivity index (χ2n) is 2.49. The lowest BCUT2D eigenvalue weighted by Gasteiger charge is -2.07. The monoisotopic (exact) mass is 315 g/mol. The summed E-state index contributed by atoms with van der Waals surface area (Å²) < 4.78 is 1.73. The van der Waals surface area contributed by atoms with Gasteiger partial charge in [-0.1, -0.05) is 10.9 Å². The van der Waals surface area contributed by atoms with Gasteiger partial charge in [0.15, 0.2) is 5.75 Å². The molecule has 0 atom stereocenters. The number of aromatic nitrogens is 2. The summed E-state index contributed by atoms with van der Waals surface area (Å²) in [4.78, 5) is 6.80. The van der Waals surface area contributed by atoms with Crippen LogP contribution in [0.4, 0.5) is 0 Å². The molecule has 1 aromatic heterocycles. The highest BCUT2D eigenvalue weighted by atomic mass is 79.9. The summed E-state index contributed by atoms with van der Waals surface area (Å²) in [6, 6.07) is 7.38. The number of para-hydroxylation sites is 1. The van der Waals surface area contributed by atoms with Crippen LogP contribution in [0.15, 0.2) is 39.4 Å². The Hall–Kier alpha value is -0.810. The standard InChI is InChI=1S/C9H5Br2N2O/c10-7-3-1-4-8(11)9(7)14-13-6-2-5-12-13/h1-4,6H. The lowest BCUT2D eigenvalue weighted by atomic mass is 10.3. The minimum Gasteiger partial charge on any atom is -0.356 e. The molecule has 1 heterocycles. The summed E-state index contributed by atoms with van der Waals surface area (Å²) in [7, 11) is 0. The first-order valence-electron chi connectivity index (χ1n) is 3.81. The van der Waals surface area contributed by atoms with Gasteiger partial charge in [-0.3, -0.25) is 0 Å². The molecule has 0 aliphatic heterocycles. The molecular weight excluding hydrogens is 312 g/mol. The average Bonchev–Trinajstić information content (AvgIpc) is 2.64. The first-order chi connectivity index (χ1) is 6.77. The molecular formula is C9H5Br2N2O. The lowest BCUT2D eigenvalue weighted by Crippen LogP contribution is -2.05. The Labute approximate surface area is 97.9 Å². The van der Waals surface area contributed by atoms with Crippen LogP contribution in [-0.4, -0.2) is 9.94 Å². The summed E-state index contributed by atoms with van der Waals surface area (Å²) in [6.07, 6.45) is 4.32. The Morgan fingerprint density at radius 1 is 1.29 bits per heavy atom. The quantitative estimate of drug-likeness (QED) is 0.851. The van der Waals surface area contributed by atoms with E-state index in [9.17, 15) is 0 Å². The van der Waals surface area contributed by atoms with E-state index >= 15 is 0 Å². The predicted octanol–water partition coefficient (Wildman–Crippen LogP) is 3.05. The highest BCUT2D eigenvalue weighted by Crippen LogP contribution is 2.32. The van der Waals surface area contributed by atoms with E-state index in [1.807, 2.05) is 18.2 Å². The molecule has 5 heteroatoms. The minimum atomic E-state index is 0.685. The summed E-state index contributed by atoms with van der Waals surface area (Å²) in [5, 5.41) is 3.82. The van der Waals surface area contributed by atoms with Gasteiger partial charge in [0.25, 0.3) is 0 Å². The topological polar surface area (TPSA) is 27.1 Å². The third-order valence-corrected chi connectivity index (χ3v) is 2.79. The van der Waals surface area contributed by atoms with Gasteiger partial charge in [-0.05, 0) is 50.1 Å². The largest absolute Gasteiger partial charge is 0.356 e. The molecule has 14 heavy (non-hydrogen) atoms. The summed E-state index contributed by atoms with van der Waals surface area (Å²) in [6.45, 7) is 0. The fourth-order valence-corrected chi connectivity index (χ4v) is 2.08. The van der Waals surface area contributed by atoms with E-state index < -0.39 is 0 Å². The Morgan fingerprint density at radius 2 is 2.00 bits per heavy atom. The van der Waals surface area contributed by atoms with Gasteiger partial charge >= 0.3 is 0 Å². The SMILES string of the molecule is Brc1cccc(Br)c1On1cc[c]n1. The van der Waals surface area contributed by atoms with Crippen LogP contribution < -0.4 is 4.84 Å². The Kier molecular flexibility index (Phi) is 2.88. The molecule has 1 radical (unpaired) electrons. The van der Waals surface area contributed by atoms with Crippen LogP contribution in [0.5, 0.6) is 5.75 Å². The molecule has 71 valence electrons. The highest BCUT2D eigenvalue weighted by molar-refractivity contribution is 9.11. The van der Waals surface area contributed by atoms with Crippen molar-refractivity contribution in [3.05, 3.63) is 45.6 Å². The number of nitrogens with zero attached hydrogens (tertiary/aromatic N) is 2. The summed E-state index contributed by atoms with van der Waals surface area (Å²) >= 11 is 6.77. The van der Waals surface area contributed by atoms with E-state index in [-0.39, 0.29) is 0 Å². The molecule has 0 saturated carbocycles. The summed E-state index contributed by atoms with van der Waals surface area (Å²) in [5.74, 6) is 0.685. The second-order valence-corrected chi connectivity index (χ2v) is 4.20. The molecule has 0 aliphatic rings. The van der Waals surface area contributed by atoms with Gasteiger partial charge in [0.2, 0.25) is 0 Å². The third kappa shape index (κ3) is 1.99. The molecule has 0 saturated heterocycles.